The van der Waals surface area contributed by atoms with Gasteiger partial charge in [-0.25, -0.2) is 0 Å². The van der Waals surface area contributed by atoms with E-state index in [-0.39, 0.29) is 10.8 Å². The standard InChI is InChI=1S/C54H52N2/c1-53(2,3)45-29-37-51(38-30-45)55(47-13-9-7-10-14-47)49-33-25-43(26-34-49)23-21-41-17-19-42(20-18-41)22-24-44-27-35-50(36-28-44)56(48-15-11-8-12-16-48)52-39-31-46(32-40-52)54(4,5)6/h7-40H,1-6H3. The van der Waals surface area contributed by atoms with Crippen LogP contribution < -0.4 is 9.80 Å². The second kappa shape index (κ2) is 16.6. The molecule has 7 rings (SSSR count). The summed E-state index contributed by atoms with van der Waals surface area (Å²) >= 11 is 0. The Hall–Kier alpha value is -6.38. The van der Waals surface area contributed by atoms with Crippen molar-refractivity contribution < 1.29 is 0 Å². The Bertz CT molecular complexity index is 2180. The van der Waals surface area contributed by atoms with E-state index in [1.807, 2.05) is 0 Å². The van der Waals surface area contributed by atoms with Crippen molar-refractivity contribution >= 4 is 58.4 Å². The number of nitrogens with zero attached hydrogens (tertiary/aromatic N) is 2. The number of anilines is 6. The van der Waals surface area contributed by atoms with E-state index in [0.717, 1.165) is 56.4 Å². The summed E-state index contributed by atoms with van der Waals surface area (Å²) in [6.45, 7) is 13.5. The fourth-order valence-electron chi connectivity index (χ4n) is 6.84. The lowest BCUT2D eigenvalue weighted by molar-refractivity contribution is 0.590. The van der Waals surface area contributed by atoms with Crippen molar-refractivity contribution in [1.82, 2.24) is 0 Å². The maximum absolute atomic E-state index is 2.31. The molecule has 0 aliphatic rings. The van der Waals surface area contributed by atoms with E-state index < -0.39 is 0 Å². The summed E-state index contributed by atoms with van der Waals surface area (Å²) in [5.41, 5.74) is 14.3. The van der Waals surface area contributed by atoms with Crippen LogP contribution in [0.5, 0.6) is 0 Å². The predicted octanol–water partition coefficient (Wildman–Crippen LogP) is 15.6. The number of hydrogen-bond acceptors (Lipinski definition) is 2. The SMILES string of the molecule is CC(C)(C)c1ccc(N(c2ccccc2)c2ccc(C=Cc3ccc(C=Cc4ccc(N(c5ccccc5)c5ccc(C(C)(C)C)cc5)cc4)cc3)cc2)cc1. The zero-order chi connectivity index (χ0) is 39.1. The van der Waals surface area contributed by atoms with Crippen LogP contribution in [0.1, 0.15) is 74.9 Å². The maximum atomic E-state index is 2.31. The Morgan fingerprint density at radius 3 is 0.732 bits per heavy atom. The molecule has 7 aromatic rings. The lowest BCUT2D eigenvalue weighted by Gasteiger charge is -2.27. The molecule has 7 aromatic carbocycles. The van der Waals surface area contributed by atoms with Crippen LogP contribution in [0.4, 0.5) is 34.1 Å². The van der Waals surface area contributed by atoms with Gasteiger partial charge in [0, 0.05) is 34.1 Å². The first-order valence-corrected chi connectivity index (χ1v) is 19.6. The van der Waals surface area contributed by atoms with Gasteiger partial charge in [0.1, 0.15) is 0 Å². The summed E-state index contributed by atoms with van der Waals surface area (Å²) in [6, 6.07) is 65.3. The molecule has 0 radical (unpaired) electrons. The van der Waals surface area contributed by atoms with Crippen molar-refractivity contribution in [2.24, 2.45) is 0 Å². The van der Waals surface area contributed by atoms with Gasteiger partial charge in [-0.15, -0.1) is 0 Å². The van der Waals surface area contributed by atoms with Crippen LogP contribution in [0.2, 0.25) is 0 Å². The van der Waals surface area contributed by atoms with Gasteiger partial charge in [-0.3, -0.25) is 0 Å². The van der Waals surface area contributed by atoms with Gasteiger partial charge in [-0.2, -0.15) is 0 Å². The molecule has 0 aliphatic carbocycles. The molecule has 0 spiro atoms. The van der Waals surface area contributed by atoms with Gasteiger partial charge in [0.25, 0.3) is 0 Å². The van der Waals surface area contributed by atoms with Crippen molar-refractivity contribution in [3.8, 4) is 0 Å². The summed E-state index contributed by atoms with van der Waals surface area (Å²) in [4.78, 5) is 4.62. The maximum Gasteiger partial charge on any atom is 0.0462 e. The summed E-state index contributed by atoms with van der Waals surface area (Å²) in [5, 5.41) is 0. The molecular formula is C54H52N2. The first-order chi connectivity index (χ1) is 27.0. The molecule has 0 amide bonds. The van der Waals surface area contributed by atoms with Crippen LogP contribution in [0.3, 0.4) is 0 Å². The Morgan fingerprint density at radius 2 is 0.482 bits per heavy atom. The van der Waals surface area contributed by atoms with Gasteiger partial charge in [0.15, 0.2) is 0 Å². The lowest BCUT2D eigenvalue weighted by Crippen LogP contribution is -2.13. The smallest absolute Gasteiger partial charge is 0.0462 e. The minimum Gasteiger partial charge on any atom is -0.311 e. The first-order valence-electron chi connectivity index (χ1n) is 19.6. The third-order valence-electron chi connectivity index (χ3n) is 10.2. The van der Waals surface area contributed by atoms with Gasteiger partial charge in [-0.05, 0) is 117 Å². The molecule has 0 heterocycles. The second-order valence-corrected chi connectivity index (χ2v) is 16.5. The van der Waals surface area contributed by atoms with Gasteiger partial charge in [0.2, 0.25) is 0 Å². The Morgan fingerprint density at radius 1 is 0.268 bits per heavy atom. The second-order valence-electron chi connectivity index (χ2n) is 16.5. The molecule has 2 nitrogen and oxygen atoms in total. The van der Waals surface area contributed by atoms with E-state index >= 15 is 0 Å². The molecular weight excluding hydrogens is 677 g/mol. The van der Waals surface area contributed by atoms with Gasteiger partial charge >= 0.3 is 0 Å². The summed E-state index contributed by atoms with van der Waals surface area (Å²) in [5.74, 6) is 0. The minimum atomic E-state index is 0.113. The van der Waals surface area contributed by atoms with Crippen LogP contribution in [-0.2, 0) is 10.8 Å². The topological polar surface area (TPSA) is 6.48 Å². The van der Waals surface area contributed by atoms with Crippen LogP contribution in [0.25, 0.3) is 24.3 Å². The van der Waals surface area contributed by atoms with Crippen LogP contribution >= 0.6 is 0 Å². The van der Waals surface area contributed by atoms with Gasteiger partial charge in [0.05, 0.1) is 0 Å². The van der Waals surface area contributed by atoms with Crippen LogP contribution in [0.15, 0.2) is 182 Å². The highest BCUT2D eigenvalue weighted by molar-refractivity contribution is 5.80. The molecule has 0 N–H and O–H groups in total. The molecule has 0 saturated carbocycles. The zero-order valence-electron chi connectivity index (χ0n) is 33.5. The molecule has 2 heteroatoms. The van der Waals surface area contributed by atoms with Crippen LogP contribution in [-0.4, -0.2) is 0 Å². The fourth-order valence-corrected chi connectivity index (χ4v) is 6.84. The Kier molecular flexibility index (Phi) is 11.2. The van der Waals surface area contributed by atoms with Crippen molar-refractivity contribution in [3.05, 3.63) is 215 Å². The summed E-state index contributed by atoms with van der Waals surface area (Å²) < 4.78 is 0. The molecule has 0 aliphatic heterocycles. The molecule has 0 bridgehead atoms. The Balaban J connectivity index is 1.02. The first kappa shape index (κ1) is 37.9. The van der Waals surface area contributed by atoms with Gasteiger partial charge in [-0.1, -0.05) is 175 Å². The lowest BCUT2D eigenvalue weighted by atomic mass is 9.87. The molecule has 0 aromatic heterocycles. The normalized spacial score (nSPS) is 12.0. The largest absolute Gasteiger partial charge is 0.311 e. The number of rotatable bonds is 10. The third-order valence-corrected chi connectivity index (χ3v) is 10.2. The molecule has 0 atom stereocenters. The third kappa shape index (κ3) is 9.28. The quantitative estimate of drug-likeness (QED) is 0.129. The summed E-state index contributed by atoms with van der Waals surface area (Å²) in [7, 11) is 0. The molecule has 0 saturated heterocycles. The zero-order valence-corrected chi connectivity index (χ0v) is 33.5. The van der Waals surface area contributed by atoms with E-state index in [1.54, 1.807) is 0 Å². The van der Waals surface area contributed by atoms with Gasteiger partial charge < -0.3 is 9.80 Å². The summed E-state index contributed by atoms with van der Waals surface area (Å²) in [6.07, 6.45) is 8.71. The van der Waals surface area contributed by atoms with E-state index in [2.05, 4.69) is 258 Å². The molecule has 0 fully saturated rings. The highest BCUT2D eigenvalue weighted by Crippen LogP contribution is 2.37. The van der Waals surface area contributed by atoms with E-state index in [4.69, 9.17) is 0 Å². The fraction of sp³-hybridized carbons (Fsp3) is 0.148. The highest BCUT2D eigenvalue weighted by atomic mass is 15.1. The van der Waals surface area contributed by atoms with Crippen LogP contribution in [0, 0.1) is 0 Å². The predicted molar refractivity (Wildman–Crippen MR) is 244 cm³/mol. The average molecular weight is 729 g/mol. The minimum absolute atomic E-state index is 0.113. The molecule has 0 unspecified atom stereocenters. The van der Waals surface area contributed by atoms with Crippen molar-refractivity contribution in [3.63, 3.8) is 0 Å². The number of para-hydroxylation sites is 2. The molecule has 56 heavy (non-hydrogen) atoms. The Labute approximate surface area is 334 Å². The number of benzene rings is 7. The van der Waals surface area contributed by atoms with E-state index in [1.165, 1.54) is 11.1 Å². The highest BCUT2D eigenvalue weighted by Gasteiger charge is 2.18. The number of hydrogen-bond donors (Lipinski definition) is 0. The van der Waals surface area contributed by atoms with Crippen molar-refractivity contribution in [2.75, 3.05) is 9.80 Å². The molecule has 278 valence electrons. The average Bonchev–Trinajstić information content (AvgIpc) is 3.21. The van der Waals surface area contributed by atoms with E-state index in [9.17, 15) is 0 Å². The van der Waals surface area contributed by atoms with Crippen molar-refractivity contribution in [2.45, 2.75) is 52.4 Å². The van der Waals surface area contributed by atoms with Crippen molar-refractivity contribution in [1.29, 1.82) is 0 Å². The van der Waals surface area contributed by atoms with E-state index in [0.29, 0.717) is 0 Å². The monoisotopic (exact) mass is 728 g/mol.